The highest BCUT2D eigenvalue weighted by Gasteiger charge is 2.46. The van der Waals surface area contributed by atoms with Crippen LogP contribution in [0.2, 0.25) is 5.02 Å². The number of Topliss-reactive ketones (excluding diaryl/α,β-unsaturated/α-hetero) is 1. The van der Waals surface area contributed by atoms with E-state index in [9.17, 15) is 9.90 Å². The molecule has 17 heavy (non-hydrogen) atoms. The molecule has 1 fully saturated rings. The lowest BCUT2D eigenvalue weighted by molar-refractivity contribution is -0.109. The monoisotopic (exact) mass is 256 g/mol. The number of benzene rings is 1. The van der Waals surface area contributed by atoms with E-state index in [2.05, 4.69) is 0 Å². The number of ether oxygens (including phenoxy) is 2. The first kappa shape index (κ1) is 12.4. The quantitative estimate of drug-likeness (QED) is 0.831. The Morgan fingerprint density at radius 1 is 1.59 bits per heavy atom. The van der Waals surface area contributed by atoms with Crippen LogP contribution in [0.3, 0.4) is 0 Å². The molecule has 0 aromatic heterocycles. The van der Waals surface area contributed by atoms with Crippen LogP contribution in [0.1, 0.15) is 10.4 Å². The summed E-state index contributed by atoms with van der Waals surface area (Å²) in [6, 6.07) is 4.85. The summed E-state index contributed by atoms with van der Waals surface area (Å²) in [5, 5.41) is 9.79. The maximum atomic E-state index is 12.3. The minimum atomic E-state index is -0.835. The molecule has 92 valence electrons. The van der Waals surface area contributed by atoms with Gasteiger partial charge in [-0.25, -0.2) is 0 Å². The molecule has 0 unspecified atom stereocenters. The van der Waals surface area contributed by atoms with Crippen LogP contribution in [0.5, 0.6) is 5.75 Å². The largest absolute Gasteiger partial charge is 0.496 e. The molecular weight excluding hydrogens is 244 g/mol. The first-order valence-electron chi connectivity index (χ1n) is 5.20. The normalized spacial score (nSPS) is 17.4. The second-order valence-corrected chi connectivity index (χ2v) is 4.54. The highest BCUT2D eigenvalue weighted by molar-refractivity contribution is 6.31. The van der Waals surface area contributed by atoms with E-state index >= 15 is 0 Å². The van der Waals surface area contributed by atoms with Crippen molar-refractivity contribution in [3.05, 3.63) is 28.8 Å². The fraction of sp³-hybridized carbons (Fsp3) is 0.417. The van der Waals surface area contributed by atoms with Crippen molar-refractivity contribution in [3.63, 3.8) is 0 Å². The standard InChI is InChI=1S/C12H13ClO4/c1-16-10-3-2-8(13)4-9(10)11(15)12(5-14)6-17-7-12/h2-4,14H,5-7H2,1H3. The van der Waals surface area contributed by atoms with Gasteiger partial charge >= 0.3 is 0 Å². The number of aliphatic hydroxyl groups is 1. The third kappa shape index (κ3) is 2.04. The van der Waals surface area contributed by atoms with E-state index in [1.807, 2.05) is 0 Å². The molecule has 1 aliphatic rings. The topological polar surface area (TPSA) is 55.8 Å². The molecule has 5 heteroatoms. The number of rotatable bonds is 4. The second-order valence-electron chi connectivity index (χ2n) is 4.10. The molecule has 0 aliphatic carbocycles. The van der Waals surface area contributed by atoms with E-state index in [0.29, 0.717) is 16.3 Å². The number of carbonyl (C=O) groups is 1. The Morgan fingerprint density at radius 2 is 2.29 bits per heavy atom. The molecule has 4 nitrogen and oxygen atoms in total. The minimum Gasteiger partial charge on any atom is -0.496 e. The van der Waals surface area contributed by atoms with Gasteiger partial charge in [-0.05, 0) is 18.2 Å². The lowest BCUT2D eigenvalue weighted by Gasteiger charge is -2.38. The van der Waals surface area contributed by atoms with Crippen LogP contribution < -0.4 is 4.74 Å². The van der Waals surface area contributed by atoms with Crippen molar-refractivity contribution >= 4 is 17.4 Å². The van der Waals surface area contributed by atoms with E-state index in [0.717, 1.165) is 0 Å². The van der Waals surface area contributed by atoms with Gasteiger partial charge in [-0.1, -0.05) is 11.6 Å². The number of methoxy groups -OCH3 is 1. The Labute approximate surface area is 104 Å². The summed E-state index contributed by atoms with van der Waals surface area (Å²) in [5.74, 6) is 0.268. The average molecular weight is 257 g/mol. The van der Waals surface area contributed by atoms with E-state index in [-0.39, 0.29) is 25.6 Å². The van der Waals surface area contributed by atoms with E-state index < -0.39 is 5.41 Å². The molecule has 0 spiro atoms. The van der Waals surface area contributed by atoms with Gasteiger partial charge < -0.3 is 14.6 Å². The van der Waals surface area contributed by atoms with Crippen LogP contribution in [0.4, 0.5) is 0 Å². The van der Waals surface area contributed by atoms with Crippen molar-refractivity contribution in [2.75, 3.05) is 26.9 Å². The van der Waals surface area contributed by atoms with Gasteiger partial charge in [-0.2, -0.15) is 0 Å². The summed E-state index contributed by atoms with van der Waals surface area (Å²) in [6.45, 7) is 0.234. The number of halogens is 1. The van der Waals surface area contributed by atoms with Crippen molar-refractivity contribution in [1.82, 2.24) is 0 Å². The van der Waals surface area contributed by atoms with Gasteiger partial charge in [0.25, 0.3) is 0 Å². The van der Waals surface area contributed by atoms with Gasteiger partial charge in [0.05, 0.1) is 32.5 Å². The summed E-state index contributed by atoms with van der Waals surface area (Å²) in [5.41, 5.74) is -0.449. The van der Waals surface area contributed by atoms with E-state index in [1.54, 1.807) is 18.2 Å². The van der Waals surface area contributed by atoms with Crippen LogP contribution in [0.15, 0.2) is 18.2 Å². The Hall–Kier alpha value is -1.10. The van der Waals surface area contributed by atoms with Crippen LogP contribution in [0.25, 0.3) is 0 Å². The van der Waals surface area contributed by atoms with Crippen molar-refractivity contribution in [1.29, 1.82) is 0 Å². The zero-order valence-corrected chi connectivity index (χ0v) is 10.2. The number of ketones is 1. The first-order valence-corrected chi connectivity index (χ1v) is 5.58. The van der Waals surface area contributed by atoms with Crippen molar-refractivity contribution < 1.29 is 19.4 Å². The predicted molar refractivity (Wildman–Crippen MR) is 62.7 cm³/mol. The Kier molecular flexibility index (Phi) is 3.38. The average Bonchev–Trinajstić information content (AvgIpc) is 2.28. The zero-order chi connectivity index (χ0) is 12.5. The van der Waals surface area contributed by atoms with Gasteiger partial charge in [0.15, 0.2) is 5.78 Å². The summed E-state index contributed by atoms with van der Waals surface area (Å²) < 4.78 is 10.1. The molecule has 2 rings (SSSR count). The molecule has 0 radical (unpaired) electrons. The van der Waals surface area contributed by atoms with Gasteiger partial charge in [-0.15, -0.1) is 0 Å². The van der Waals surface area contributed by atoms with Crippen LogP contribution in [-0.2, 0) is 4.74 Å². The maximum absolute atomic E-state index is 12.3. The molecule has 1 aromatic carbocycles. The number of carbonyl (C=O) groups excluding carboxylic acids is 1. The van der Waals surface area contributed by atoms with Crippen LogP contribution in [0, 0.1) is 5.41 Å². The van der Waals surface area contributed by atoms with Crippen LogP contribution in [-0.4, -0.2) is 37.8 Å². The lowest BCUT2D eigenvalue weighted by Crippen LogP contribution is -2.51. The molecule has 0 atom stereocenters. The van der Waals surface area contributed by atoms with Crippen molar-refractivity contribution in [3.8, 4) is 5.75 Å². The summed E-state index contributed by atoms with van der Waals surface area (Å²) >= 11 is 5.87. The van der Waals surface area contributed by atoms with Crippen molar-refractivity contribution in [2.24, 2.45) is 5.41 Å². The molecule has 1 heterocycles. The fourth-order valence-corrected chi connectivity index (χ4v) is 1.96. The molecule has 1 saturated heterocycles. The molecular formula is C12H13ClO4. The van der Waals surface area contributed by atoms with Gasteiger partial charge in [0.2, 0.25) is 0 Å². The Bertz CT molecular complexity index is 435. The first-order chi connectivity index (χ1) is 8.13. The molecule has 1 N–H and O–H groups in total. The highest BCUT2D eigenvalue weighted by atomic mass is 35.5. The van der Waals surface area contributed by atoms with Gasteiger partial charge in [0, 0.05) is 5.02 Å². The van der Waals surface area contributed by atoms with Crippen molar-refractivity contribution in [2.45, 2.75) is 0 Å². The third-order valence-corrected chi connectivity index (χ3v) is 3.18. The van der Waals surface area contributed by atoms with E-state index in [4.69, 9.17) is 21.1 Å². The predicted octanol–water partition coefficient (Wildman–Crippen LogP) is 1.54. The third-order valence-electron chi connectivity index (χ3n) is 2.95. The summed E-state index contributed by atoms with van der Waals surface area (Å²) in [6.07, 6.45) is 0. The number of aliphatic hydroxyl groups excluding tert-OH is 1. The molecule has 0 bridgehead atoms. The van der Waals surface area contributed by atoms with Gasteiger partial charge in [0.1, 0.15) is 11.2 Å². The Balaban J connectivity index is 2.39. The molecule has 1 aliphatic heterocycles. The van der Waals surface area contributed by atoms with E-state index in [1.165, 1.54) is 7.11 Å². The smallest absolute Gasteiger partial charge is 0.179 e. The highest BCUT2D eigenvalue weighted by Crippen LogP contribution is 2.35. The fourth-order valence-electron chi connectivity index (χ4n) is 1.79. The number of hydrogen-bond donors (Lipinski definition) is 1. The molecule has 1 aromatic rings. The zero-order valence-electron chi connectivity index (χ0n) is 9.40. The van der Waals surface area contributed by atoms with Crippen LogP contribution >= 0.6 is 11.6 Å². The maximum Gasteiger partial charge on any atom is 0.179 e. The Morgan fingerprint density at radius 3 is 2.76 bits per heavy atom. The van der Waals surface area contributed by atoms with Gasteiger partial charge in [-0.3, -0.25) is 4.79 Å². The number of hydrogen-bond acceptors (Lipinski definition) is 4. The summed E-state index contributed by atoms with van der Waals surface area (Å²) in [4.78, 5) is 12.3. The molecule has 0 amide bonds. The second kappa shape index (κ2) is 4.64. The lowest BCUT2D eigenvalue weighted by atomic mass is 9.79. The minimum absolute atomic E-state index is 0.189. The SMILES string of the molecule is COc1ccc(Cl)cc1C(=O)C1(CO)COC1. The molecule has 0 saturated carbocycles. The summed E-state index contributed by atoms with van der Waals surface area (Å²) in [7, 11) is 1.49.